The Morgan fingerprint density at radius 3 is 2.50 bits per heavy atom. The number of carboxylic acids is 1. The third kappa shape index (κ3) is 3.48. The number of hydrogen-bond donors (Lipinski definition) is 0. The maximum absolute atomic E-state index is 10.7. The molecule has 0 aromatic heterocycles. The van der Waals surface area contributed by atoms with Crippen LogP contribution in [0.1, 0.15) is 42.1 Å². The minimum atomic E-state index is -1.09. The fourth-order valence-corrected chi connectivity index (χ4v) is 1.33. The molecule has 0 aliphatic heterocycles. The van der Waals surface area contributed by atoms with Gasteiger partial charge < -0.3 is 9.90 Å². The van der Waals surface area contributed by atoms with Crippen molar-refractivity contribution < 1.29 is 61.3 Å². The molecule has 0 fully saturated rings. The average molecular weight is 216 g/mol. The summed E-state index contributed by atoms with van der Waals surface area (Å²) in [6.07, 6.45) is 0.935. The number of benzene rings is 1. The third-order valence-corrected chi connectivity index (χ3v) is 2.32. The van der Waals surface area contributed by atoms with E-state index in [0.29, 0.717) is 5.56 Å². The van der Waals surface area contributed by atoms with Crippen molar-refractivity contribution in [1.29, 1.82) is 0 Å². The van der Waals surface area contributed by atoms with E-state index in [-0.39, 0.29) is 57.3 Å². The molecule has 3 heteroatoms. The molecular formula is C11H13KO2. The molecular weight excluding hydrogens is 203 g/mol. The molecule has 0 bridgehead atoms. The van der Waals surface area contributed by atoms with Crippen molar-refractivity contribution >= 4 is 5.97 Å². The SMILES string of the molecule is CCC(C)c1ccccc1C(=O)[O-].[K+]. The van der Waals surface area contributed by atoms with Gasteiger partial charge in [0.25, 0.3) is 0 Å². The number of carbonyl (C=O) groups excluding carboxylic acids is 1. The van der Waals surface area contributed by atoms with Crippen molar-refractivity contribution in [3.63, 3.8) is 0 Å². The van der Waals surface area contributed by atoms with Gasteiger partial charge in [-0.05, 0) is 17.9 Å². The fourth-order valence-electron chi connectivity index (χ4n) is 1.33. The minimum Gasteiger partial charge on any atom is -0.545 e. The van der Waals surface area contributed by atoms with E-state index in [1.165, 1.54) is 0 Å². The number of aromatic carboxylic acids is 1. The van der Waals surface area contributed by atoms with E-state index >= 15 is 0 Å². The predicted octanol–water partition coefficient (Wildman–Crippen LogP) is -1.43. The van der Waals surface area contributed by atoms with E-state index in [9.17, 15) is 9.90 Å². The Bertz CT molecular complexity index is 310. The van der Waals surface area contributed by atoms with Gasteiger partial charge in [-0.25, -0.2) is 0 Å². The summed E-state index contributed by atoms with van der Waals surface area (Å²) in [7, 11) is 0. The molecule has 0 spiro atoms. The van der Waals surface area contributed by atoms with Crippen LogP contribution in [-0.2, 0) is 0 Å². The second-order valence-corrected chi connectivity index (χ2v) is 3.18. The summed E-state index contributed by atoms with van der Waals surface area (Å²) in [5, 5.41) is 10.7. The van der Waals surface area contributed by atoms with Crippen LogP contribution < -0.4 is 56.5 Å². The van der Waals surface area contributed by atoms with Crippen LogP contribution in [0.15, 0.2) is 24.3 Å². The number of rotatable bonds is 3. The zero-order chi connectivity index (χ0) is 9.84. The van der Waals surface area contributed by atoms with E-state index in [0.717, 1.165) is 12.0 Å². The van der Waals surface area contributed by atoms with Gasteiger partial charge in [-0.1, -0.05) is 38.1 Å². The molecule has 0 saturated carbocycles. The Labute approximate surface area is 127 Å². The van der Waals surface area contributed by atoms with Crippen molar-refractivity contribution in [3.05, 3.63) is 35.4 Å². The quantitative estimate of drug-likeness (QED) is 0.581. The Kier molecular flexibility index (Phi) is 6.90. The van der Waals surface area contributed by atoms with E-state index in [1.807, 2.05) is 26.0 Å². The van der Waals surface area contributed by atoms with Crippen LogP contribution in [-0.4, -0.2) is 5.97 Å². The first-order chi connectivity index (χ1) is 6.16. The van der Waals surface area contributed by atoms with Gasteiger partial charge in [0.05, 0.1) is 5.97 Å². The molecule has 0 saturated heterocycles. The van der Waals surface area contributed by atoms with Gasteiger partial charge in [-0.2, -0.15) is 0 Å². The summed E-state index contributed by atoms with van der Waals surface area (Å²) in [5.74, 6) is -0.815. The maximum Gasteiger partial charge on any atom is 1.00 e. The molecule has 0 aliphatic carbocycles. The number of hydrogen-bond acceptors (Lipinski definition) is 2. The molecule has 1 aromatic carbocycles. The standard InChI is InChI=1S/C11H14O2.K/c1-3-8(2)9-6-4-5-7-10(9)11(12)13;/h4-8H,3H2,1-2H3,(H,12,13);/q;+1/p-1. The first-order valence-electron chi connectivity index (χ1n) is 4.47. The van der Waals surface area contributed by atoms with E-state index in [1.54, 1.807) is 12.1 Å². The molecule has 0 amide bonds. The molecule has 1 aromatic rings. The Morgan fingerprint density at radius 2 is 2.00 bits per heavy atom. The van der Waals surface area contributed by atoms with Gasteiger partial charge in [0.2, 0.25) is 0 Å². The average Bonchev–Trinajstić information content (AvgIpc) is 2.16. The van der Waals surface area contributed by atoms with Gasteiger partial charge in [0, 0.05) is 5.56 Å². The van der Waals surface area contributed by atoms with E-state index in [2.05, 4.69) is 0 Å². The smallest absolute Gasteiger partial charge is 0.545 e. The van der Waals surface area contributed by atoms with Crippen molar-refractivity contribution in [2.75, 3.05) is 0 Å². The van der Waals surface area contributed by atoms with Crippen LogP contribution in [0.2, 0.25) is 0 Å². The van der Waals surface area contributed by atoms with E-state index in [4.69, 9.17) is 0 Å². The molecule has 0 heterocycles. The number of carboxylic acid groups (broad SMARTS) is 1. The second kappa shape index (κ2) is 6.74. The van der Waals surface area contributed by atoms with Gasteiger partial charge >= 0.3 is 51.4 Å². The Morgan fingerprint density at radius 1 is 1.43 bits per heavy atom. The summed E-state index contributed by atoms with van der Waals surface area (Å²) < 4.78 is 0. The predicted molar refractivity (Wildman–Crippen MR) is 49.5 cm³/mol. The Balaban J connectivity index is 0.00000169. The van der Waals surface area contributed by atoms with Crippen LogP contribution in [0.25, 0.3) is 0 Å². The Hall–Kier alpha value is 0.326. The first kappa shape index (κ1) is 14.3. The van der Waals surface area contributed by atoms with Gasteiger partial charge in [0.1, 0.15) is 0 Å². The van der Waals surface area contributed by atoms with E-state index < -0.39 is 5.97 Å². The fraction of sp³-hybridized carbons (Fsp3) is 0.364. The molecule has 1 unspecified atom stereocenters. The summed E-state index contributed by atoms with van der Waals surface area (Å²) in [6.45, 7) is 4.05. The summed E-state index contributed by atoms with van der Waals surface area (Å²) in [5.41, 5.74) is 1.18. The monoisotopic (exact) mass is 216 g/mol. The first-order valence-corrected chi connectivity index (χ1v) is 4.47. The topological polar surface area (TPSA) is 40.1 Å². The molecule has 2 nitrogen and oxygen atoms in total. The van der Waals surface area contributed by atoms with Crippen LogP contribution in [0.4, 0.5) is 0 Å². The molecule has 1 atom stereocenters. The largest absolute Gasteiger partial charge is 1.00 e. The minimum absolute atomic E-state index is 0. The molecule has 14 heavy (non-hydrogen) atoms. The molecule has 0 radical (unpaired) electrons. The number of carbonyl (C=O) groups is 1. The zero-order valence-electron chi connectivity index (χ0n) is 8.91. The van der Waals surface area contributed by atoms with Crippen molar-refractivity contribution in [1.82, 2.24) is 0 Å². The maximum atomic E-state index is 10.7. The van der Waals surface area contributed by atoms with Gasteiger partial charge in [0.15, 0.2) is 0 Å². The normalized spacial score (nSPS) is 11.6. The third-order valence-electron chi connectivity index (χ3n) is 2.32. The molecule has 1 rings (SSSR count). The second-order valence-electron chi connectivity index (χ2n) is 3.18. The van der Waals surface area contributed by atoms with Gasteiger partial charge in [-0.3, -0.25) is 0 Å². The van der Waals surface area contributed by atoms with Gasteiger partial charge in [-0.15, -0.1) is 0 Å². The van der Waals surface area contributed by atoms with Crippen molar-refractivity contribution in [3.8, 4) is 0 Å². The summed E-state index contributed by atoms with van der Waals surface area (Å²) in [6, 6.07) is 7.01. The molecule has 0 N–H and O–H groups in total. The summed E-state index contributed by atoms with van der Waals surface area (Å²) >= 11 is 0. The van der Waals surface area contributed by atoms with Crippen LogP contribution in [0, 0.1) is 0 Å². The summed E-state index contributed by atoms with van der Waals surface area (Å²) in [4.78, 5) is 10.7. The van der Waals surface area contributed by atoms with Crippen LogP contribution in [0.5, 0.6) is 0 Å². The van der Waals surface area contributed by atoms with Crippen LogP contribution >= 0.6 is 0 Å². The molecule has 70 valence electrons. The van der Waals surface area contributed by atoms with Crippen molar-refractivity contribution in [2.45, 2.75) is 26.2 Å². The van der Waals surface area contributed by atoms with Crippen LogP contribution in [0.3, 0.4) is 0 Å². The zero-order valence-corrected chi connectivity index (χ0v) is 12.0. The molecule has 0 aliphatic rings. The van der Waals surface area contributed by atoms with Crippen molar-refractivity contribution in [2.24, 2.45) is 0 Å².